The number of aliphatic hydroxyl groups excluding tert-OH is 1. The minimum absolute atomic E-state index is 0.154. The number of carbonyl (C=O) groups excluding carboxylic acids is 3. The van der Waals surface area contributed by atoms with Crippen LogP contribution >= 0.6 is 0 Å². The molecule has 2 aromatic carbocycles. The Bertz CT molecular complexity index is 874. The number of hydrogen-bond donors (Lipinski definition) is 2. The van der Waals surface area contributed by atoms with Crippen molar-refractivity contribution in [1.82, 2.24) is 5.32 Å². The molecule has 2 aliphatic rings. The first kappa shape index (κ1) is 13.9. The number of hydrogen-bond acceptors (Lipinski definition) is 4. The average molecular weight is 310 g/mol. The minimum Gasteiger partial charge on any atom is -0.392 e. The number of anilines is 1. The first-order chi connectivity index (χ1) is 11.1. The molecule has 0 aromatic heterocycles. The predicted octanol–water partition coefficient (Wildman–Crippen LogP) is 1.10. The van der Waals surface area contributed by atoms with Gasteiger partial charge >= 0.3 is 0 Å². The number of carbonyl (C=O) groups is 3. The van der Waals surface area contributed by atoms with E-state index in [0.717, 1.165) is 10.8 Å². The Morgan fingerprint density at radius 3 is 2.78 bits per heavy atom. The van der Waals surface area contributed by atoms with E-state index in [-0.39, 0.29) is 24.8 Å². The summed E-state index contributed by atoms with van der Waals surface area (Å²) in [4.78, 5) is 37.8. The van der Waals surface area contributed by atoms with E-state index >= 15 is 0 Å². The highest BCUT2D eigenvalue weighted by atomic mass is 16.3. The molecule has 0 saturated carbocycles. The SMILES string of the molecule is O=C1CCC(N2C(=O)c3cc(CO)cc4cccc2c34)C(=O)N1. The van der Waals surface area contributed by atoms with Crippen LogP contribution in [-0.4, -0.2) is 28.9 Å². The molecule has 1 unspecified atom stereocenters. The summed E-state index contributed by atoms with van der Waals surface area (Å²) in [5.41, 5.74) is 1.83. The van der Waals surface area contributed by atoms with E-state index in [9.17, 15) is 19.5 Å². The number of aliphatic hydroxyl groups is 1. The summed E-state index contributed by atoms with van der Waals surface area (Å²) >= 11 is 0. The van der Waals surface area contributed by atoms with Crippen molar-refractivity contribution in [2.24, 2.45) is 0 Å². The van der Waals surface area contributed by atoms with Crippen LogP contribution in [0.4, 0.5) is 5.69 Å². The maximum atomic E-state index is 12.9. The number of rotatable bonds is 2. The monoisotopic (exact) mass is 310 g/mol. The lowest BCUT2D eigenvalue weighted by molar-refractivity contribution is -0.134. The van der Waals surface area contributed by atoms with Gasteiger partial charge in [-0.3, -0.25) is 24.6 Å². The fraction of sp³-hybridized carbons (Fsp3) is 0.235. The molecule has 2 heterocycles. The summed E-state index contributed by atoms with van der Waals surface area (Å²) in [5.74, 6) is -1.01. The largest absolute Gasteiger partial charge is 0.392 e. The zero-order chi connectivity index (χ0) is 16.1. The molecule has 1 saturated heterocycles. The molecule has 1 atom stereocenters. The van der Waals surface area contributed by atoms with Gasteiger partial charge < -0.3 is 5.11 Å². The zero-order valence-electron chi connectivity index (χ0n) is 12.2. The van der Waals surface area contributed by atoms with Gasteiger partial charge in [0, 0.05) is 11.8 Å². The van der Waals surface area contributed by atoms with E-state index < -0.39 is 11.9 Å². The van der Waals surface area contributed by atoms with Crippen LogP contribution in [0, 0.1) is 0 Å². The topological polar surface area (TPSA) is 86.7 Å². The Balaban J connectivity index is 1.86. The first-order valence-corrected chi connectivity index (χ1v) is 7.44. The third kappa shape index (κ3) is 1.95. The Morgan fingerprint density at radius 1 is 1.22 bits per heavy atom. The molecule has 116 valence electrons. The van der Waals surface area contributed by atoms with Crippen LogP contribution in [0.5, 0.6) is 0 Å². The summed E-state index contributed by atoms with van der Waals surface area (Å²) in [7, 11) is 0. The van der Waals surface area contributed by atoms with Crippen LogP contribution in [0.1, 0.15) is 28.8 Å². The molecule has 0 radical (unpaired) electrons. The van der Waals surface area contributed by atoms with Crippen molar-refractivity contribution in [3.8, 4) is 0 Å². The second-order valence-electron chi connectivity index (χ2n) is 5.82. The summed E-state index contributed by atoms with van der Waals surface area (Å²) in [6.45, 7) is -0.154. The Kier molecular flexibility index (Phi) is 2.96. The van der Waals surface area contributed by atoms with Crippen LogP contribution < -0.4 is 10.2 Å². The third-order valence-corrected chi connectivity index (χ3v) is 4.43. The van der Waals surface area contributed by atoms with Crippen molar-refractivity contribution in [2.45, 2.75) is 25.5 Å². The summed E-state index contributed by atoms with van der Waals surface area (Å²) in [6, 6.07) is 8.32. The van der Waals surface area contributed by atoms with Crippen LogP contribution in [0.2, 0.25) is 0 Å². The molecule has 2 aromatic rings. The van der Waals surface area contributed by atoms with Gasteiger partial charge in [-0.2, -0.15) is 0 Å². The lowest BCUT2D eigenvalue weighted by atomic mass is 10.0. The fourth-order valence-corrected chi connectivity index (χ4v) is 3.41. The normalized spacial score (nSPS) is 20.3. The highest BCUT2D eigenvalue weighted by molar-refractivity contribution is 6.27. The maximum absolute atomic E-state index is 12.9. The van der Waals surface area contributed by atoms with Gasteiger partial charge in [0.05, 0.1) is 17.9 Å². The van der Waals surface area contributed by atoms with Crippen LogP contribution in [-0.2, 0) is 16.2 Å². The highest BCUT2D eigenvalue weighted by Gasteiger charge is 2.40. The maximum Gasteiger partial charge on any atom is 0.259 e. The Hall–Kier alpha value is -2.73. The van der Waals surface area contributed by atoms with Gasteiger partial charge in [-0.25, -0.2) is 0 Å². The van der Waals surface area contributed by atoms with Gasteiger partial charge in [-0.15, -0.1) is 0 Å². The number of nitrogens with one attached hydrogen (secondary N) is 1. The van der Waals surface area contributed by atoms with Gasteiger partial charge in [-0.1, -0.05) is 12.1 Å². The lowest BCUT2D eigenvalue weighted by Gasteiger charge is -2.30. The van der Waals surface area contributed by atoms with E-state index in [2.05, 4.69) is 5.32 Å². The second-order valence-corrected chi connectivity index (χ2v) is 5.82. The lowest BCUT2D eigenvalue weighted by Crippen LogP contribution is -2.53. The summed E-state index contributed by atoms with van der Waals surface area (Å²) in [6.07, 6.45) is 0.530. The number of benzene rings is 2. The quantitative estimate of drug-likeness (QED) is 0.813. The molecular formula is C17H14N2O4. The standard InChI is InChI=1S/C17H14N2O4/c20-8-9-6-10-2-1-3-12-15(10)11(7-9)17(23)19(12)13-4-5-14(21)18-16(13)22/h1-3,6-7,13,20H,4-5,8H2,(H,18,21,22). The molecule has 23 heavy (non-hydrogen) atoms. The van der Waals surface area contributed by atoms with Gasteiger partial charge in [0.15, 0.2) is 0 Å². The van der Waals surface area contributed by atoms with E-state index in [1.54, 1.807) is 12.1 Å². The molecular weight excluding hydrogens is 296 g/mol. The molecule has 0 aliphatic carbocycles. The van der Waals surface area contributed by atoms with Crippen molar-refractivity contribution in [1.29, 1.82) is 0 Å². The van der Waals surface area contributed by atoms with Gasteiger partial charge in [0.25, 0.3) is 5.91 Å². The van der Waals surface area contributed by atoms with Crippen LogP contribution in [0.25, 0.3) is 10.8 Å². The van der Waals surface area contributed by atoms with Crippen molar-refractivity contribution in [3.63, 3.8) is 0 Å². The average Bonchev–Trinajstić information content (AvgIpc) is 2.82. The molecule has 0 bridgehead atoms. The van der Waals surface area contributed by atoms with E-state index in [1.807, 2.05) is 18.2 Å². The zero-order valence-corrected chi connectivity index (χ0v) is 12.2. The Morgan fingerprint density at radius 2 is 2.04 bits per heavy atom. The van der Waals surface area contributed by atoms with Gasteiger partial charge in [0.2, 0.25) is 11.8 Å². The summed E-state index contributed by atoms with van der Waals surface area (Å²) < 4.78 is 0. The van der Waals surface area contributed by atoms with E-state index in [1.165, 1.54) is 4.90 Å². The number of amides is 3. The van der Waals surface area contributed by atoms with Gasteiger partial charge in [-0.05, 0) is 35.6 Å². The Labute approximate surface area is 131 Å². The van der Waals surface area contributed by atoms with Gasteiger partial charge in [0.1, 0.15) is 6.04 Å². The second kappa shape index (κ2) is 4.89. The van der Waals surface area contributed by atoms with Crippen molar-refractivity contribution in [3.05, 3.63) is 41.5 Å². The molecule has 2 aliphatic heterocycles. The molecule has 1 fully saturated rings. The van der Waals surface area contributed by atoms with Crippen molar-refractivity contribution >= 4 is 34.2 Å². The third-order valence-electron chi connectivity index (χ3n) is 4.43. The molecule has 6 nitrogen and oxygen atoms in total. The molecule has 3 amide bonds. The van der Waals surface area contributed by atoms with Crippen molar-refractivity contribution < 1.29 is 19.5 Å². The van der Waals surface area contributed by atoms with E-state index in [4.69, 9.17) is 0 Å². The predicted molar refractivity (Wildman–Crippen MR) is 82.9 cm³/mol. The number of piperidine rings is 1. The number of imide groups is 1. The van der Waals surface area contributed by atoms with Crippen LogP contribution in [0.3, 0.4) is 0 Å². The minimum atomic E-state index is -0.684. The molecule has 0 spiro atoms. The van der Waals surface area contributed by atoms with Crippen LogP contribution in [0.15, 0.2) is 30.3 Å². The first-order valence-electron chi connectivity index (χ1n) is 7.44. The fourth-order valence-electron chi connectivity index (χ4n) is 3.41. The molecule has 2 N–H and O–H groups in total. The molecule has 6 heteroatoms. The smallest absolute Gasteiger partial charge is 0.259 e. The molecule has 4 rings (SSSR count). The highest BCUT2D eigenvalue weighted by Crippen LogP contribution is 2.40. The van der Waals surface area contributed by atoms with E-state index in [0.29, 0.717) is 23.2 Å². The number of nitrogens with zero attached hydrogens (tertiary/aromatic N) is 1. The summed E-state index contributed by atoms with van der Waals surface area (Å²) in [5, 5.41) is 13.3. The van der Waals surface area contributed by atoms with Crippen molar-refractivity contribution in [2.75, 3.05) is 4.90 Å².